The predicted octanol–water partition coefficient (Wildman–Crippen LogP) is 23.8. The number of carbonyl (C=O) groups excluding carboxylic acids is 2. The molecular formula is C74H138NO8P. The maximum Gasteiger partial charge on any atom is 0.472 e. The number of unbranched alkanes of at least 4 members (excludes halogenated alkanes) is 46. The van der Waals surface area contributed by atoms with Gasteiger partial charge in [-0.05, 0) is 57.8 Å². The number of hydrogen-bond donors (Lipinski definition) is 2. The van der Waals surface area contributed by atoms with E-state index < -0.39 is 26.5 Å². The Morgan fingerprint density at radius 2 is 0.655 bits per heavy atom. The first-order valence-corrected chi connectivity index (χ1v) is 37.8. The van der Waals surface area contributed by atoms with Gasteiger partial charge in [0.1, 0.15) is 6.61 Å². The molecule has 0 aromatic heterocycles. The summed E-state index contributed by atoms with van der Waals surface area (Å²) < 4.78 is 33.2. The lowest BCUT2D eigenvalue weighted by Crippen LogP contribution is -2.29. The average Bonchev–Trinajstić information content (AvgIpc) is 3.58. The quantitative estimate of drug-likeness (QED) is 0.0264. The Morgan fingerprint density at radius 3 is 0.976 bits per heavy atom. The van der Waals surface area contributed by atoms with Gasteiger partial charge >= 0.3 is 19.8 Å². The monoisotopic (exact) mass is 1200 g/mol. The Bertz CT molecular complexity index is 1560. The van der Waals surface area contributed by atoms with Crippen molar-refractivity contribution in [2.24, 2.45) is 5.73 Å². The third kappa shape index (κ3) is 68.8. The molecule has 0 amide bonds. The van der Waals surface area contributed by atoms with Crippen LogP contribution < -0.4 is 5.73 Å². The molecule has 0 radical (unpaired) electrons. The number of hydrogen-bond acceptors (Lipinski definition) is 8. The number of phosphoric acid groups is 1. The molecule has 0 aliphatic rings. The van der Waals surface area contributed by atoms with Crippen LogP contribution in [0.5, 0.6) is 0 Å². The molecule has 9 nitrogen and oxygen atoms in total. The number of carbonyl (C=O) groups is 2. The fourth-order valence-electron chi connectivity index (χ4n) is 10.8. The normalized spacial score (nSPS) is 13.2. The number of phosphoric ester groups is 1. The lowest BCUT2D eigenvalue weighted by molar-refractivity contribution is -0.161. The molecule has 0 rings (SSSR count). The maximum atomic E-state index is 12.8. The van der Waals surface area contributed by atoms with E-state index in [1.54, 1.807) is 0 Å². The van der Waals surface area contributed by atoms with E-state index >= 15 is 0 Å². The van der Waals surface area contributed by atoms with Crippen LogP contribution in [0.25, 0.3) is 0 Å². The van der Waals surface area contributed by atoms with Gasteiger partial charge in [-0.2, -0.15) is 0 Å². The highest BCUT2D eigenvalue weighted by atomic mass is 31.2. The third-order valence-corrected chi connectivity index (χ3v) is 17.2. The van der Waals surface area contributed by atoms with Crippen LogP contribution in [0.4, 0.5) is 0 Å². The molecule has 3 N–H and O–H groups in total. The molecule has 2 unspecified atom stereocenters. The van der Waals surface area contributed by atoms with E-state index in [0.717, 1.165) is 77.0 Å². The molecule has 0 aliphatic carbocycles. The highest BCUT2D eigenvalue weighted by molar-refractivity contribution is 7.47. The molecular weight excluding hydrogens is 1060 g/mol. The summed E-state index contributed by atoms with van der Waals surface area (Å²) in [4.78, 5) is 35.4. The minimum Gasteiger partial charge on any atom is -0.462 e. The number of allylic oxidation sites excluding steroid dienone is 10. The lowest BCUT2D eigenvalue weighted by atomic mass is 10.0. The molecule has 0 saturated carbocycles. The molecule has 10 heteroatoms. The van der Waals surface area contributed by atoms with Crippen LogP contribution in [0.3, 0.4) is 0 Å². The Hall–Kier alpha value is -2.29. The van der Waals surface area contributed by atoms with Crippen molar-refractivity contribution in [3.63, 3.8) is 0 Å². The van der Waals surface area contributed by atoms with Crippen LogP contribution in [-0.2, 0) is 32.7 Å². The van der Waals surface area contributed by atoms with Gasteiger partial charge in [0.25, 0.3) is 0 Å². The minimum atomic E-state index is -4.40. The van der Waals surface area contributed by atoms with Gasteiger partial charge in [-0.25, -0.2) is 4.57 Å². The Balaban J connectivity index is 3.80. The first-order chi connectivity index (χ1) is 41.3. The van der Waals surface area contributed by atoms with Crippen molar-refractivity contribution >= 4 is 19.8 Å². The third-order valence-electron chi connectivity index (χ3n) is 16.2. The number of nitrogens with two attached hydrogens (primary N) is 1. The van der Waals surface area contributed by atoms with Gasteiger partial charge in [0.2, 0.25) is 0 Å². The molecule has 2 atom stereocenters. The van der Waals surface area contributed by atoms with Crippen molar-refractivity contribution in [1.29, 1.82) is 0 Å². The second-order valence-electron chi connectivity index (χ2n) is 24.4. The first kappa shape index (κ1) is 81.7. The van der Waals surface area contributed by atoms with Crippen LogP contribution in [-0.4, -0.2) is 49.3 Å². The molecule has 0 saturated heterocycles. The van der Waals surface area contributed by atoms with Crippen molar-refractivity contribution in [3.05, 3.63) is 60.8 Å². The van der Waals surface area contributed by atoms with Crippen molar-refractivity contribution < 1.29 is 37.6 Å². The van der Waals surface area contributed by atoms with Crippen LogP contribution >= 0.6 is 7.82 Å². The molecule has 84 heavy (non-hydrogen) atoms. The SMILES string of the molecule is CC/C=C\C/C=C\C/C=C\C/C=C\C/C=C\CCCCCCCCCCCCCC(=O)OC(COC(=O)CCCCCCCCCCCCCCCCCCCCCCCCCCCCCCCCCCCCCC)COP(=O)(O)OCCN. The summed E-state index contributed by atoms with van der Waals surface area (Å²) in [6.45, 7) is 3.69. The van der Waals surface area contributed by atoms with E-state index in [9.17, 15) is 19.0 Å². The fourth-order valence-corrected chi connectivity index (χ4v) is 11.6. The minimum absolute atomic E-state index is 0.0528. The van der Waals surface area contributed by atoms with Crippen molar-refractivity contribution in [1.82, 2.24) is 0 Å². The van der Waals surface area contributed by atoms with Gasteiger partial charge < -0.3 is 20.1 Å². The van der Waals surface area contributed by atoms with Gasteiger partial charge in [-0.1, -0.05) is 357 Å². The van der Waals surface area contributed by atoms with Gasteiger partial charge in [-0.15, -0.1) is 0 Å². The van der Waals surface area contributed by atoms with Crippen LogP contribution in [0, 0.1) is 0 Å². The van der Waals surface area contributed by atoms with Gasteiger partial charge in [0.05, 0.1) is 13.2 Å². The molecule has 492 valence electrons. The highest BCUT2D eigenvalue weighted by Crippen LogP contribution is 2.43. The first-order valence-electron chi connectivity index (χ1n) is 36.3. The molecule has 0 bridgehead atoms. The second-order valence-corrected chi connectivity index (χ2v) is 25.9. The zero-order chi connectivity index (χ0) is 60.9. The van der Waals surface area contributed by atoms with Crippen LogP contribution in [0.2, 0.25) is 0 Å². The summed E-state index contributed by atoms with van der Waals surface area (Å²) in [5, 5.41) is 0. The van der Waals surface area contributed by atoms with Crippen molar-refractivity contribution in [2.75, 3.05) is 26.4 Å². The summed E-state index contributed by atoms with van der Waals surface area (Å²) in [6.07, 6.45) is 90.5. The standard InChI is InChI=1S/C74H138NO8P/c1-3-5-7-9-11-13-15-17-19-21-23-25-27-29-31-32-33-34-35-36-37-38-39-41-42-44-46-48-50-52-54-56-58-60-62-64-66-73(76)80-70-72(71-82-84(78,79)81-69-68-75)83-74(77)67-65-63-61-59-57-55-53-51-49-47-45-43-40-30-28-26-24-22-20-18-16-14-12-10-8-6-4-2/h6,8,12,14,18,20,24,26,30,40,72H,3-5,7,9-11,13,15-17,19,21-23,25,27-29,31-39,41-71,75H2,1-2H3,(H,78,79)/b8-6-,14-12-,20-18-,26-24-,40-30-. The molecule has 0 aromatic carbocycles. The van der Waals surface area contributed by atoms with E-state index in [4.69, 9.17) is 24.3 Å². The van der Waals surface area contributed by atoms with Gasteiger partial charge in [0.15, 0.2) is 6.10 Å². The Labute approximate surface area is 520 Å². The largest absolute Gasteiger partial charge is 0.472 e. The zero-order valence-electron chi connectivity index (χ0n) is 55.4. The fraction of sp³-hybridized carbons (Fsp3) is 0.838. The van der Waals surface area contributed by atoms with E-state index in [-0.39, 0.29) is 38.6 Å². The van der Waals surface area contributed by atoms with E-state index in [0.29, 0.717) is 6.42 Å². The van der Waals surface area contributed by atoms with Crippen LogP contribution in [0.15, 0.2) is 60.8 Å². The average molecular weight is 1200 g/mol. The number of ether oxygens (including phenoxy) is 2. The Morgan fingerprint density at radius 1 is 0.369 bits per heavy atom. The second kappa shape index (κ2) is 69.8. The van der Waals surface area contributed by atoms with Crippen LogP contribution in [0.1, 0.15) is 367 Å². The molecule has 0 aliphatic heterocycles. The number of esters is 2. The van der Waals surface area contributed by atoms with Gasteiger partial charge in [-0.3, -0.25) is 18.6 Å². The van der Waals surface area contributed by atoms with E-state index in [2.05, 4.69) is 74.6 Å². The molecule has 0 spiro atoms. The molecule has 0 fully saturated rings. The lowest BCUT2D eigenvalue weighted by Gasteiger charge is -2.19. The highest BCUT2D eigenvalue weighted by Gasteiger charge is 2.26. The zero-order valence-corrected chi connectivity index (χ0v) is 56.3. The topological polar surface area (TPSA) is 134 Å². The Kier molecular flexibility index (Phi) is 67.9. The van der Waals surface area contributed by atoms with Crippen molar-refractivity contribution in [3.8, 4) is 0 Å². The summed E-state index contributed by atoms with van der Waals surface area (Å²) in [5.74, 6) is -0.815. The number of rotatable bonds is 69. The molecule has 0 heterocycles. The summed E-state index contributed by atoms with van der Waals surface area (Å²) in [5.41, 5.74) is 5.40. The van der Waals surface area contributed by atoms with Crippen molar-refractivity contribution in [2.45, 2.75) is 373 Å². The summed E-state index contributed by atoms with van der Waals surface area (Å²) >= 11 is 0. The maximum absolute atomic E-state index is 12.8. The summed E-state index contributed by atoms with van der Waals surface area (Å²) in [7, 11) is -4.40. The van der Waals surface area contributed by atoms with E-state index in [1.807, 2.05) is 0 Å². The van der Waals surface area contributed by atoms with E-state index in [1.165, 1.54) is 257 Å². The smallest absolute Gasteiger partial charge is 0.462 e. The molecule has 0 aromatic rings. The summed E-state index contributed by atoms with van der Waals surface area (Å²) in [6, 6.07) is 0. The van der Waals surface area contributed by atoms with Gasteiger partial charge in [0, 0.05) is 19.4 Å². The predicted molar refractivity (Wildman–Crippen MR) is 363 cm³/mol.